The van der Waals surface area contributed by atoms with E-state index in [1.807, 2.05) is 55.2 Å². The molecule has 0 saturated carbocycles. The normalized spacial score (nSPS) is 14.1. The number of nitrogens with one attached hydrogen (secondary N) is 3. The van der Waals surface area contributed by atoms with Crippen LogP contribution < -0.4 is 16.5 Å². The van der Waals surface area contributed by atoms with E-state index in [4.69, 9.17) is 10.4 Å². The third kappa shape index (κ3) is 6.74. The van der Waals surface area contributed by atoms with Crippen molar-refractivity contribution >= 4 is 15.7 Å². The van der Waals surface area contributed by atoms with Gasteiger partial charge in [0.25, 0.3) is 0 Å². The van der Waals surface area contributed by atoms with Gasteiger partial charge in [-0.1, -0.05) is 44.2 Å². The predicted octanol–water partition coefficient (Wildman–Crippen LogP) is 1.59. The van der Waals surface area contributed by atoms with E-state index in [9.17, 15) is 13.5 Å². The van der Waals surface area contributed by atoms with Crippen LogP contribution in [0.15, 0.2) is 59.5 Å². The van der Waals surface area contributed by atoms with Crippen molar-refractivity contribution < 1.29 is 23.9 Å². The van der Waals surface area contributed by atoms with E-state index in [0.717, 1.165) is 5.56 Å². The first kappa shape index (κ1) is 24.2. The molecule has 0 aromatic heterocycles. The Hall–Kier alpha value is -2.05. The zero-order valence-corrected chi connectivity index (χ0v) is 17.9. The van der Waals surface area contributed by atoms with Gasteiger partial charge in [0.15, 0.2) is 0 Å². The number of sulfonamides is 1. The molecule has 0 fully saturated rings. The molecule has 2 aromatic carbocycles. The SMILES string of the molecule is CC(C)CN(C[C@@H](O)[C@H](Cc1ccccc1)NNO)S(=O)(=O)c1ccc(NO)cc1. The highest BCUT2D eigenvalue weighted by Crippen LogP contribution is 2.20. The Morgan fingerprint density at radius 2 is 1.60 bits per heavy atom. The van der Waals surface area contributed by atoms with E-state index in [2.05, 4.69) is 5.43 Å². The van der Waals surface area contributed by atoms with E-state index < -0.39 is 22.2 Å². The van der Waals surface area contributed by atoms with Crippen LogP contribution in [0.5, 0.6) is 0 Å². The molecule has 2 rings (SSSR count). The maximum Gasteiger partial charge on any atom is 0.243 e. The standard InChI is InChI=1S/C20H30N4O5S/c1-15(2)13-24(30(28,29)18-10-8-17(22-26)9-11-18)14-20(25)19(21-23-27)12-16-6-4-3-5-7-16/h3-11,15,19-23,25-27H,12-14H2,1-2H3/t19-,20+/m0/s1. The van der Waals surface area contributed by atoms with Crippen molar-refractivity contribution in [1.82, 2.24) is 15.3 Å². The summed E-state index contributed by atoms with van der Waals surface area (Å²) >= 11 is 0. The Labute approximate surface area is 177 Å². The molecule has 0 radical (unpaired) electrons. The molecule has 2 aromatic rings. The maximum absolute atomic E-state index is 13.2. The smallest absolute Gasteiger partial charge is 0.243 e. The van der Waals surface area contributed by atoms with Crippen molar-refractivity contribution in [2.45, 2.75) is 37.3 Å². The molecule has 0 bridgehead atoms. The first-order valence-corrected chi connectivity index (χ1v) is 11.1. The van der Waals surface area contributed by atoms with Gasteiger partial charge >= 0.3 is 0 Å². The van der Waals surface area contributed by atoms with Crippen LogP contribution in [0.3, 0.4) is 0 Å². The lowest BCUT2D eigenvalue weighted by molar-refractivity contribution is 0.0439. The molecule has 0 aliphatic rings. The number of hydrazine groups is 1. The van der Waals surface area contributed by atoms with Crippen LogP contribution in [0.4, 0.5) is 5.69 Å². The first-order valence-electron chi connectivity index (χ1n) is 9.64. The molecule has 9 nitrogen and oxygen atoms in total. The van der Waals surface area contributed by atoms with E-state index in [1.54, 1.807) is 0 Å². The van der Waals surface area contributed by atoms with E-state index >= 15 is 0 Å². The van der Waals surface area contributed by atoms with Gasteiger partial charge in [-0.3, -0.25) is 10.7 Å². The Kier molecular flexibility index (Phi) is 9.18. The summed E-state index contributed by atoms with van der Waals surface area (Å²) in [6, 6.07) is 14.4. The number of benzene rings is 2. The third-order valence-corrected chi connectivity index (χ3v) is 6.44. The number of hydrogen-bond acceptors (Lipinski definition) is 8. The van der Waals surface area contributed by atoms with Crippen molar-refractivity contribution in [2.75, 3.05) is 18.6 Å². The molecule has 2 atom stereocenters. The lowest BCUT2D eigenvalue weighted by Gasteiger charge is -2.30. The van der Waals surface area contributed by atoms with E-state index in [0.29, 0.717) is 12.1 Å². The molecular weight excluding hydrogens is 408 g/mol. The van der Waals surface area contributed by atoms with Gasteiger partial charge in [-0.25, -0.2) is 13.8 Å². The van der Waals surface area contributed by atoms with Crippen molar-refractivity contribution in [2.24, 2.45) is 5.92 Å². The lowest BCUT2D eigenvalue weighted by atomic mass is 10.0. The minimum absolute atomic E-state index is 0.0295. The van der Waals surface area contributed by atoms with Crippen molar-refractivity contribution in [3.63, 3.8) is 0 Å². The fourth-order valence-corrected chi connectivity index (χ4v) is 4.72. The summed E-state index contributed by atoms with van der Waals surface area (Å²) in [7, 11) is -3.88. The fourth-order valence-electron chi connectivity index (χ4n) is 3.10. The van der Waals surface area contributed by atoms with Gasteiger partial charge in [0, 0.05) is 13.1 Å². The minimum atomic E-state index is -3.88. The molecular formula is C20H30N4O5S. The molecule has 0 spiro atoms. The summed E-state index contributed by atoms with van der Waals surface area (Å²) in [5, 5.41) is 28.8. The van der Waals surface area contributed by atoms with Gasteiger partial charge < -0.3 is 10.3 Å². The van der Waals surface area contributed by atoms with Gasteiger partial charge in [0.1, 0.15) is 0 Å². The van der Waals surface area contributed by atoms with Gasteiger partial charge in [-0.05, 0) is 42.2 Å². The maximum atomic E-state index is 13.2. The number of rotatable bonds is 12. The molecule has 0 saturated heterocycles. The third-order valence-electron chi connectivity index (χ3n) is 4.59. The molecule has 0 heterocycles. The number of hydrogen-bond donors (Lipinski definition) is 6. The summed E-state index contributed by atoms with van der Waals surface area (Å²) in [6.07, 6.45) is -0.723. The quantitative estimate of drug-likeness (QED) is 0.275. The van der Waals surface area contributed by atoms with Gasteiger partial charge in [-0.2, -0.15) is 4.31 Å². The molecule has 0 amide bonds. The summed E-state index contributed by atoms with van der Waals surface area (Å²) < 4.78 is 27.6. The molecule has 6 N–H and O–H groups in total. The molecule has 10 heteroatoms. The fraction of sp³-hybridized carbons (Fsp3) is 0.400. The summed E-state index contributed by atoms with van der Waals surface area (Å²) in [5.41, 5.74) is 7.71. The number of nitrogens with zero attached hydrogens (tertiary/aromatic N) is 1. The second-order valence-electron chi connectivity index (χ2n) is 7.47. The van der Waals surface area contributed by atoms with Gasteiger partial charge in [0.05, 0.1) is 22.7 Å². The van der Waals surface area contributed by atoms with Crippen LogP contribution in [0.2, 0.25) is 0 Å². The van der Waals surface area contributed by atoms with Crippen LogP contribution in [-0.4, -0.2) is 53.5 Å². The van der Waals surface area contributed by atoms with Gasteiger partial charge in [-0.15, -0.1) is 5.59 Å². The number of aliphatic hydroxyl groups excluding tert-OH is 1. The predicted molar refractivity (Wildman–Crippen MR) is 113 cm³/mol. The summed E-state index contributed by atoms with van der Waals surface area (Å²) in [6.45, 7) is 3.84. The Morgan fingerprint density at radius 3 is 2.13 bits per heavy atom. The van der Waals surface area contributed by atoms with E-state index in [-0.39, 0.29) is 23.9 Å². The van der Waals surface area contributed by atoms with Crippen molar-refractivity contribution in [3.05, 3.63) is 60.2 Å². The summed E-state index contributed by atoms with van der Waals surface area (Å²) in [4.78, 5) is 0.0576. The molecule has 30 heavy (non-hydrogen) atoms. The van der Waals surface area contributed by atoms with Crippen LogP contribution >= 0.6 is 0 Å². The van der Waals surface area contributed by atoms with Crippen LogP contribution in [0, 0.1) is 5.92 Å². The Balaban J connectivity index is 2.23. The Bertz CT molecular complexity index is 863. The average Bonchev–Trinajstić information content (AvgIpc) is 2.73. The van der Waals surface area contributed by atoms with E-state index in [1.165, 1.54) is 28.6 Å². The molecule has 0 aliphatic heterocycles. The van der Waals surface area contributed by atoms with Crippen LogP contribution in [-0.2, 0) is 16.4 Å². The second kappa shape index (κ2) is 11.4. The minimum Gasteiger partial charge on any atom is -0.390 e. The zero-order chi connectivity index (χ0) is 22.1. The highest BCUT2D eigenvalue weighted by Gasteiger charge is 2.30. The van der Waals surface area contributed by atoms with Crippen LogP contribution in [0.25, 0.3) is 0 Å². The molecule has 0 unspecified atom stereocenters. The second-order valence-corrected chi connectivity index (χ2v) is 9.41. The van der Waals surface area contributed by atoms with Crippen molar-refractivity contribution in [3.8, 4) is 0 Å². The van der Waals surface area contributed by atoms with Gasteiger partial charge in [0.2, 0.25) is 10.0 Å². The number of aliphatic hydroxyl groups is 1. The summed E-state index contributed by atoms with van der Waals surface area (Å²) in [5.74, 6) is 0.0295. The molecule has 166 valence electrons. The lowest BCUT2D eigenvalue weighted by Crippen LogP contribution is -2.52. The monoisotopic (exact) mass is 438 g/mol. The topological polar surface area (TPSA) is 134 Å². The zero-order valence-electron chi connectivity index (χ0n) is 17.1. The highest BCUT2D eigenvalue weighted by molar-refractivity contribution is 7.89. The first-order chi connectivity index (χ1) is 14.3. The van der Waals surface area contributed by atoms with Crippen LogP contribution in [0.1, 0.15) is 19.4 Å². The average molecular weight is 439 g/mol. The number of anilines is 1. The molecule has 0 aliphatic carbocycles. The van der Waals surface area contributed by atoms with Crippen molar-refractivity contribution in [1.29, 1.82) is 0 Å². The highest BCUT2D eigenvalue weighted by atomic mass is 32.2. The Morgan fingerprint density at radius 1 is 0.967 bits per heavy atom. The largest absolute Gasteiger partial charge is 0.390 e.